The Labute approximate surface area is 173 Å². The molecule has 0 radical (unpaired) electrons. The predicted molar refractivity (Wildman–Crippen MR) is 105 cm³/mol. The Morgan fingerprint density at radius 3 is 2.66 bits per heavy atom. The predicted octanol–water partition coefficient (Wildman–Crippen LogP) is 2.14. The molecular formula is C20H24ClN3O5. The SMILES string of the molecule is O=C(COC(=O)CCCN1C(=O)NC2(CCCC2)C1=O)NCc1ccccc1Cl. The average molecular weight is 422 g/mol. The van der Waals surface area contributed by atoms with Crippen molar-refractivity contribution in [2.24, 2.45) is 0 Å². The van der Waals surface area contributed by atoms with Crippen LogP contribution in [0.4, 0.5) is 4.79 Å². The number of benzene rings is 1. The van der Waals surface area contributed by atoms with Crippen LogP contribution >= 0.6 is 11.6 Å². The zero-order chi connectivity index (χ0) is 20.9. The maximum Gasteiger partial charge on any atom is 0.325 e. The molecule has 3 rings (SSSR count). The quantitative estimate of drug-likeness (QED) is 0.494. The van der Waals surface area contributed by atoms with E-state index >= 15 is 0 Å². The number of ether oxygens (including phenoxy) is 1. The molecule has 9 heteroatoms. The third-order valence-electron chi connectivity index (χ3n) is 5.26. The van der Waals surface area contributed by atoms with Crippen LogP contribution in [0.15, 0.2) is 24.3 Å². The molecule has 1 aliphatic carbocycles. The Morgan fingerprint density at radius 1 is 1.21 bits per heavy atom. The summed E-state index contributed by atoms with van der Waals surface area (Å²) in [5, 5.41) is 5.97. The molecule has 0 bridgehead atoms. The second-order valence-corrected chi connectivity index (χ2v) is 7.72. The van der Waals surface area contributed by atoms with E-state index < -0.39 is 30.1 Å². The van der Waals surface area contributed by atoms with E-state index in [0.29, 0.717) is 17.9 Å². The van der Waals surface area contributed by atoms with Crippen LogP contribution in [-0.2, 0) is 25.7 Å². The summed E-state index contributed by atoms with van der Waals surface area (Å²) in [6, 6.07) is 6.72. The minimum Gasteiger partial charge on any atom is -0.456 e. The molecule has 156 valence electrons. The van der Waals surface area contributed by atoms with Gasteiger partial charge in [0, 0.05) is 24.5 Å². The van der Waals surface area contributed by atoms with Gasteiger partial charge < -0.3 is 15.4 Å². The number of nitrogens with zero attached hydrogens (tertiary/aromatic N) is 1. The van der Waals surface area contributed by atoms with Gasteiger partial charge >= 0.3 is 12.0 Å². The van der Waals surface area contributed by atoms with Gasteiger partial charge in [-0.05, 0) is 30.9 Å². The van der Waals surface area contributed by atoms with E-state index in [1.165, 1.54) is 4.90 Å². The highest BCUT2D eigenvalue weighted by Crippen LogP contribution is 2.35. The number of carbonyl (C=O) groups is 4. The minimum absolute atomic E-state index is 0.0157. The van der Waals surface area contributed by atoms with Crippen molar-refractivity contribution in [2.45, 2.75) is 50.6 Å². The molecule has 1 saturated carbocycles. The summed E-state index contributed by atoms with van der Waals surface area (Å²) < 4.78 is 4.95. The van der Waals surface area contributed by atoms with Gasteiger partial charge in [0.05, 0.1) is 0 Å². The largest absolute Gasteiger partial charge is 0.456 e. The van der Waals surface area contributed by atoms with E-state index in [4.69, 9.17) is 16.3 Å². The van der Waals surface area contributed by atoms with Crippen molar-refractivity contribution in [3.63, 3.8) is 0 Å². The first-order chi connectivity index (χ1) is 13.9. The zero-order valence-corrected chi connectivity index (χ0v) is 16.8. The molecule has 0 unspecified atom stereocenters. The van der Waals surface area contributed by atoms with Gasteiger partial charge in [-0.2, -0.15) is 0 Å². The average Bonchev–Trinajstić information content (AvgIpc) is 3.26. The maximum atomic E-state index is 12.5. The third kappa shape index (κ3) is 5.06. The van der Waals surface area contributed by atoms with E-state index in [-0.39, 0.29) is 31.8 Å². The fraction of sp³-hybridized carbons (Fsp3) is 0.500. The van der Waals surface area contributed by atoms with Gasteiger partial charge in [-0.15, -0.1) is 0 Å². The summed E-state index contributed by atoms with van der Waals surface area (Å²) in [6.45, 7) is -0.000260. The van der Waals surface area contributed by atoms with Crippen LogP contribution in [0, 0.1) is 0 Å². The zero-order valence-electron chi connectivity index (χ0n) is 16.0. The van der Waals surface area contributed by atoms with Crippen molar-refractivity contribution < 1.29 is 23.9 Å². The molecule has 29 heavy (non-hydrogen) atoms. The fourth-order valence-electron chi connectivity index (χ4n) is 3.68. The lowest BCUT2D eigenvalue weighted by atomic mass is 9.98. The summed E-state index contributed by atoms with van der Waals surface area (Å²) >= 11 is 6.01. The van der Waals surface area contributed by atoms with Crippen LogP contribution < -0.4 is 10.6 Å². The van der Waals surface area contributed by atoms with Gasteiger partial charge in [-0.25, -0.2) is 4.79 Å². The van der Waals surface area contributed by atoms with Crippen molar-refractivity contribution in [2.75, 3.05) is 13.2 Å². The highest BCUT2D eigenvalue weighted by Gasteiger charge is 2.52. The first-order valence-electron chi connectivity index (χ1n) is 9.71. The van der Waals surface area contributed by atoms with Crippen LogP contribution in [0.5, 0.6) is 0 Å². The Balaban J connectivity index is 1.34. The molecule has 1 heterocycles. The number of carbonyl (C=O) groups excluding carboxylic acids is 4. The third-order valence-corrected chi connectivity index (χ3v) is 5.63. The van der Waals surface area contributed by atoms with E-state index in [1.54, 1.807) is 18.2 Å². The number of hydrogen-bond acceptors (Lipinski definition) is 5. The number of halogens is 1. The lowest BCUT2D eigenvalue weighted by molar-refractivity contribution is -0.148. The molecule has 0 atom stereocenters. The summed E-state index contributed by atoms with van der Waals surface area (Å²) in [6.07, 6.45) is 3.48. The van der Waals surface area contributed by atoms with Gasteiger partial charge in [0.15, 0.2) is 6.61 Å². The summed E-state index contributed by atoms with van der Waals surface area (Å²) in [5.74, 6) is -1.19. The number of rotatable bonds is 8. The molecule has 1 spiro atoms. The summed E-state index contributed by atoms with van der Waals surface area (Å²) in [7, 11) is 0. The van der Waals surface area contributed by atoms with Crippen molar-refractivity contribution >= 4 is 35.4 Å². The van der Waals surface area contributed by atoms with Gasteiger partial charge in [0.2, 0.25) is 0 Å². The van der Waals surface area contributed by atoms with Crippen molar-refractivity contribution in [3.05, 3.63) is 34.9 Å². The number of urea groups is 1. The van der Waals surface area contributed by atoms with Crippen molar-refractivity contribution in [3.8, 4) is 0 Å². The molecule has 2 N–H and O–H groups in total. The van der Waals surface area contributed by atoms with Gasteiger partial charge in [0.25, 0.3) is 11.8 Å². The Bertz CT molecular complexity index is 807. The number of amides is 4. The molecule has 1 aromatic rings. The maximum absolute atomic E-state index is 12.5. The second-order valence-electron chi connectivity index (χ2n) is 7.31. The van der Waals surface area contributed by atoms with Crippen LogP contribution in [0.3, 0.4) is 0 Å². The van der Waals surface area contributed by atoms with Gasteiger partial charge in [0.1, 0.15) is 5.54 Å². The summed E-state index contributed by atoms with van der Waals surface area (Å²) in [4.78, 5) is 49.4. The fourth-order valence-corrected chi connectivity index (χ4v) is 3.89. The molecule has 0 aromatic heterocycles. The monoisotopic (exact) mass is 421 g/mol. The number of imide groups is 1. The number of nitrogens with one attached hydrogen (secondary N) is 2. The molecule has 2 aliphatic rings. The Kier molecular flexibility index (Phi) is 6.74. The smallest absolute Gasteiger partial charge is 0.325 e. The van der Waals surface area contributed by atoms with E-state index in [2.05, 4.69) is 10.6 Å². The molecule has 1 aliphatic heterocycles. The first kappa shape index (κ1) is 21.1. The highest BCUT2D eigenvalue weighted by atomic mass is 35.5. The van der Waals surface area contributed by atoms with Crippen molar-refractivity contribution in [1.82, 2.24) is 15.5 Å². The normalized spacial score (nSPS) is 17.5. The standard InChI is InChI=1S/C20H24ClN3O5/c21-15-7-2-1-6-14(15)12-22-16(25)13-29-17(26)8-5-11-24-18(27)20(23-19(24)28)9-3-4-10-20/h1-2,6-7H,3-5,8-13H2,(H,22,25)(H,23,28). The minimum atomic E-state index is -0.739. The lowest BCUT2D eigenvalue weighted by Crippen LogP contribution is -2.44. The van der Waals surface area contributed by atoms with Gasteiger partial charge in [-0.1, -0.05) is 42.6 Å². The Hall–Kier alpha value is -2.61. The lowest BCUT2D eigenvalue weighted by Gasteiger charge is -2.19. The topological polar surface area (TPSA) is 105 Å². The van der Waals surface area contributed by atoms with Gasteiger partial charge in [-0.3, -0.25) is 19.3 Å². The van der Waals surface area contributed by atoms with Crippen LogP contribution in [-0.4, -0.2) is 47.4 Å². The highest BCUT2D eigenvalue weighted by molar-refractivity contribution is 6.31. The molecule has 1 saturated heterocycles. The second kappa shape index (κ2) is 9.26. The number of hydrogen-bond donors (Lipinski definition) is 2. The van der Waals surface area contributed by atoms with E-state index in [0.717, 1.165) is 18.4 Å². The van der Waals surface area contributed by atoms with Crippen LogP contribution in [0.2, 0.25) is 5.02 Å². The molecule has 1 aromatic carbocycles. The van der Waals surface area contributed by atoms with Crippen molar-refractivity contribution in [1.29, 1.82) is 0 Å². The van der Waals surface area contributed by atoms with Crippen LogP contribution in [0.25, 0.3) is 0 Å². The van der Waals surface area contributed by atoms with E-state index in [1.807, 2.05) is 6.07 Å². The molecular weight excluding hydrogens is 398 g/mol. The molecule has 4 amide bonds. The molecule has 8 nitrogen and oxygen atoms in total. The van der Waals surface area contributed by atoms with Crippen LogP contribution in [0.1, 0.15) is 44.1 Å². The van der Waals surface area contributed by atoms with E-state index in [9.17, 15) is 19.2 Å². The number of esters is 1. The first-order valence-corrected chi connectivity index (χ1v) is 10.1. The summed E-state index contributed by atoms with van der Waals surface area (Å²) in [5.41, 5.74) is 0.0274. The Morgan fingerprint density at radius 2 is 1.93 bits per heavy atom. The molecule has 2 fully saturated rings.